The van der Waals surface area contributed by atoms with Crippen molar-refractivity contribution in [3.05, 3.63) is 143 Å². The van der Waals surface area contributed by atoms with E-state index in [-0.39, 0.29) is 30.1 Å². The van der Waals surface area contributed by atoms with Gasteiger partial charge in [0.15, 0.2) is 0 Å². The molecule has 0 radical (unpaired) electrons. The summed E-state index contributed by atoms with van der Waals surface area (Å²) >= 11 is 0. The number of benzene rings is 4. The quantitative estimate of drug-likeness (QED) is 0.252. The number of rotatable bonds is 8. The van der Waals surface area contributed by atoms with E-state index in [9.17, 15) is 9.18 Å². The second-order valence-electron chi connectivity index (χ2n) is 9.02. The fourth-order valence-electron chi connectivity index (χ4n) is 5.00. The van der Waals surface area contributed by atoms with Crippen LogP contribution in [0.3, 0.4) is 0 Å². The first-order valence-corrected chi connectivity index (χ1v) is 12.4. The highest BCUT2D eigenvalue weighted by atomic mass is 19.1. The molecule has 5 aromatic rings. The van der Waals surface area contributed by atoms with Gasteiger partial charge in [0.25, 0.3) is 0 Å². The number of nitrogens with zero attached hydrogens (tertiary/aromatic N) is 1. The van der Waals surface area contributed by atoms with E-state index in [4.69, 9.17) is 0 Å². The predicted octanol–water partition coefficient (Wildman–Crippen LogP) is 7.23. The maximum Gasteiger partial charge on any atom is 0.221 e. The van der Waals surface area contributed by atoms with E-state index in [1.54, 1.807) is 12.1 Å². The Morgan fingerprint density at radius 2 is 1.42 bits per heavy atom. The van der Waals surface area contributed by atoms with Crippen molar-refractivity contribution in [2.75, 3.05) is 0 Å². The van der Waals surface area contributed by atoms with E-state index in [0.29, 0.717) is 0 Å². The lowest BCUT2D eigenvalue weighted by Gasteiger charge is -2.23. The predicted molar refractivity (Wildman–Crippen MR) is 143 cm³/mol. The number of carbonyl (C=O) groups is 1. The molecule has 0 aliphatic rings. The molecule has 1 amide bonds. The fraction of sp³-hybridized carbons (Fsp3) is 0.156. The molecule has 0 aliphatic carbocycles. The maximum absolute atomic E-state index is 14.3. The highest BCUT2D eigenvalue weighted by molar-refractivity contribution is 5.87. The number of fused-ring (bicyclic) bond motifs is 1. The number of carbonyl (C=O) groups excluding carboxylic acids is 1. The van der Waals surface area contributed by atoms with Crippen LogP contribution in [-0.4, -0.2) is 10.5 Å². The van der Waals surface area contributed by atoms with Crippen molar-refractivity contribution in [1.82, 2.24) is 9.88 Å². The molecule has 0 saturated carbocycles. The van der Waals surface area contributed by atoms with Gasteiger partial charge in [-0.25, -0.2) is 4.39 Å². The van der Waals surface area contributed by atoms with E-state index in [2.05, 4.69) is 35.1 Å². The molecular formula is C32H29FN2O. The molecule has 36 heavy (non-hydrogen) atoms. The Hall–Kier alpha value is -4.18. The number of amides is 1. The molecule has 1 N–H and O–H groups in total. The first kappa shape index (κ1) is 23.6. The fourth-order valence-corrected chi connectivity index (χ4v) is 5.00. The zero-order valence-corrected chi connectivity index (χ0v) is 20.3. The molecule has 0 fully saturated rings. The van der Waals surface area contributed by atoms with Crippen molar-refractivity contribution in [2.45, 2.75) is 31.8 Å². The Bertz CT molecular complexity index is 1420. The molecule has 0 spiro atoms. The minimum absolute atomic E-state index is 0.0877. The monoisotopic (exact) mass is 476 g/mol. The zero-order chi connectivity index (χ0) is 24.9. The average molecular weight is 477 g/mol. The van der Waals surface area contributed by atoms with Crippen LogP contribution in [0, 0.1) is 5.82 Å². The van der Waals surface area contributed by atoms with Gasteiger partial charge in [-0.2, -0.15) is 0 Å². The summed E-state index contributed by atoms with van der Waals surface area (Å²) in [5.74, 6) is -0.676. The summed E-state index contributed by atoms with van der Waals surface area (Å²) in [6.07, 6.45) is 2.32. The van der Waals surface area contributed by atoms with Crippen LogP contribution in [0.15, 0.2) is 115 Å². The van der Waals surface area contributed by atoms with Gasteiger partial charge in [-0.1, -0.05) is 91.0 Å². The minimum atomic E-state index is -0.302. The van der Waals surface area contributed by atoms with Crippen LogP contribution in [0.2, 0.25) is 0 Å². The Kier molecular flexibility index (Phi) is 6.94. The molecule has 0 saturated heterocycles. The summed E-state index contributed by atoms with van der Waals surface area (Å²) in [7, 11) is 0. The Balaban J connectivity index is 1.52. The third kappa shape index (κ3) is 4.94. The molecule has 5 rings (SSSR count). The number of aromatic nitrogens is 1. The van der Waals surface area contributed by atoms with Crippen LogP contribution in [0.5, 0.6) is 0 Å². The number of hydrogen-bond donors (Lipinski definition) is 1. The normalized spacial score (nSPS) is 12.1. The van der Waals surface area contributed by atoms with Crippen molar-refractivity contribution in [3.8, 4) is 0 Å². The van der Waals surface area contributed by atoms with Gasteiger partial charge >= 0.3 is 0 Å². The summed E-state index contributed by atoms with van der Waals surface area (Å²) in [6.45, 7) is 2.91. The maximum atomic E-state index is 14.3. The molecule has 0 aliphatic heterocycles. The summed E-state index contributed by atoms with van der Waals surface area (Å²) in [5.41, 5.74) is 4.97. The van der Waals surface area contributed by atoms with Gasteiger partial charge in [0, 0.05) is 36.0 Å². The lowest BCUT2D eigenvalue weighted by atomic mass is 9.87. The molecule has 1 aromatic heterocycles. The van der Waals surface area contributed by atoms with Gasteiger partial charge in [-0.15, -0.1) is 0 Å². The van der Waals surface area contributed by atoms with Gasteiger partial charge in [0.2, 0.25) is 5.91 Å². The molecule has 0 unspecified atom stereocenters. The molecule has 4 heteroatoms. The number of para-hydroxylation sites is 1. The smallest absolute Gasteiger partial charge is 0.221 e. The van der Waals surface area contributed by atoms with E-state index in [0.717, 1.165) is 39.7 Å². The third-order valence-corrected chi connectivity index (χ3v) is 6.75. The topological polar surface area (TPSA) is 34.0 Å². The summed E-state index contributed by atoms with van der Waals surface area (Å²) in [6, 6.07) is 34.5. The van der Waals surface area contributed by atoms with E-state index >= 15 is 0 Å². The summed E-state index contributed by atoms with van der Waals surface area (Å²) in [4.78, 5) is 13.6. The van der Waals surface area contributed by atoms with Crippen LogP contribution in [-0.2, 0) is 11.3 Å². The van der Waals surface area contributed by atoms with Gasteiger partial charge < -0.3 is 9.88 Å². The van der Waals surface area contributed by atoms with Crippen LogP contribution < -0.4 is 5.32 Å². The lowest BCUT2D eigenvalue weighted by molar-refractivity contribution is -0.121. The third-order valence-electron chi connectivity index (χ3n) is 6.75. The molecule has 4 aromatic carbocycles. The minimum Gasteiger partial charge on any atom is -0.347 e. The molecule has 180 valence electrons. The van der Waals surface area contributed by atoms with Crippen molar-refractivity contribution in [1.29, 1.82) is 0 Å². The first-order valence-electron chi connectivity index (χ1n) is 12.4. The number of aryl methyl sites for hydroxylation is 1. The number of halogens is 1. The van der Waals surface area contributed by atoms with Crippen LogP contribution >= 0.6 is 0 Å². The molecule has 3 nitrogen and oxygen atoms in total. The van der Waals surface area contributed by atoms with Gasteiger partial charge in [-0.3, -0.25) is 4.79 Å². The van der Waals surface area contributed by atoms with Crippen LogP contribution in [0.25, 0.3) is 10.9 Å². The standard InChI is InChI=1S/C32H29FN2O/c1-2-35-22-29(27-18-9-10-19-30(27)35)28(25-16-11-17-26(33)20-25)21-31(36)34-32(23-12-5-3-6-13-23)24-14-7-4-8-15-24/h3-20,22,28,32H,2,21H2,1H3,(H,34,36)/t28-/m0/s1. The van der Waals surface area contributed by atoms with Gasteiger partial charge in [0.05, 0.1) is 6.04 Å². The SMILES string of the molecule is CCn1cc([C@@H](CC(=O)NC(c2ccccc2)c2ccccc2)c2cccc(F)c2)c2ccccc21. The van der Waals surface area contributed by atoms with Crippen molar-refractivity contribution in [3.63, 3.8) is 0 Å². The second kappa shape index (κ2) is 10.6. The highest BCUT2D eigenvalue weighted by Gasteiger charge is 2.25. The highest BCUT2D eigenvalue weighted by Crippen LogP contribution is 2.35. The molecule has 0 bridgehead atoms. The zero-order valence-electron chi connectivity index (χ0n) is 20.3. The van der Waals surface area contributed by atoms with Gasteiger partial charge in [-0.05, 0) is 47.4 Å². The first-order chi connectivity index (χ1) is 17.6. The van der Waals surface area contributed by atoms with E-state index in [1.165, 1.54) is 6.07 Å². The van der Waals surface area contributed by atoms with Crippen LogP contribution in [0.4, 0.5) is 4.39 Å². The number of nitrogens with one attached hydrogen (secondary N) is 1. The second-order valence-corrected chi connectivity index (χ2v) is 9.02. The van der Waals surface area contributed by atoms with Crippen molar-refractivity contribution >= 4 is 16.8 Å². The number of hydrogen-bond acceptors (Lipinski definition) is 1. The van der Waals surface area contributed by atoms with Crippen LogP contribution in [0.1, 0.15) is 47.6 Å². The average Bonchev–Trinajstić information content (AvgIpc) is 3.30. The van der Waals surface area contributed by atoms with Crippen molar-refractivity contribution < 1.29 is 9.18 Å². The van der Waals surface area contributed by atoms with E-state index in [1.807, 2.05) is 78.9 Å². The Morgan fingerprint density at radius 1 is 0.806 bits per heavy atom. The van der Waals surface area contributed by atoms with E-state index < -0.39 is 0 Å². The summed E-state index contributed by atoms with van der Waals surface area (Å²) in [5, 5.41) is 4.35. The molecule has 1 atom stereocenters. The molecule has 1 heterocycles. The van der Waals surface area contributed by atoms with Crippen molar-refractivity contribution in [2.24, 2.45) is 0 Å². The largest absolute Gasteiger partial charge is 0.347 e. The Labute approximate surface area is 211 Å². The summed E-state index contributed by atoms with van der Waals surface area (Å²) < 4.78 is 16.5. The molecular weight excluding hydrogens is 447 g/mol. The lowest BCUT2D eigenvalue weighted by Crippen LogP contribution is -2.30. The van der Waals surface area contributed by atoms with Gasteiger partial charge in [0.1, 0.15) is 5.82 Å². The Morgan fingerprint density at radius 3 is 2.06 bits per heavy atom.